The number of allylic oxidation sites excluding steroid dienone is 2. The molecule has 0 aliphatic rings. The van der Waals surface area contributed by atoms with Crippen molar-refractivity contribution in [2.24, 2.45) is 0 Å². The molecule has 0 bridgehead atoms. The molecule has 1 aromatic carbocycles. The predicted molar refractivity (Wildman–Crippen MR) is 101 cm³/mol. The number of aromatic hydroxyl groups is 1. The number of carbonyl (C=O) groups excluding carboxylic acids is 1. The molecule has 144 valence electrons. The molecule has 0 fully saturated rings. The van der Waals surface area contributed by atoms with E-state index in [9.17, 15) is 9.90 Å². The van der Waals surface area contributed by atoms with E-state index < -0.39 is 5.97 Å². The zero-order valence-corrected chi connectivity index (χ0v) is 16.0. The monoisotopic (exact) mass is 373 g/mol. The van der Waals surface area contributed by atoms with Crippen LogP contribution in [0.3, 0.4) is 0 Å². The maximum absolute atomic E-state index is 12.3. The van der Waals surface area contributed by atoms with E-state index in [1.54, 1.807) is 18.2 Å². The van der Waals surface area contributed by atoms with Crippen molar-refractivity contribution in [2.75, 3.05) is 21.3 Å². The fraction of sp³-hybridized carbons (Fsp3) is 0.300. The second kappa shape index (κ2) is 8.93. The van der Waals surface area contributed by atoms with Crippen molar-refractivity contribution < 1.29 is 28.5 Å². The van der Waals surface area contributed by atoms with E-state index in [0.717, 1.165) is 5.57 Å². The Morgan fingerprint density at radius 3 is 2.52 bits per heavy atom. The second-order valence-electron chi connectivity index (χ2n) is 5.91. The van der Waals surface area contributed by atoms with Gasteiger partial charge in [-0.25, -0.2) is 4.79 Å². The van der Waals surface area contributed by atoms with Crippen LogP contribution in [-0.2, 0) is 11.2 Å². The third-order valence-electron chi connectivity index (χ3n) is 3.82. The Morgan fingerprint density at radius 2 is 1.96 bits per heavy atom. The molecule has 0 aliphatic carbocycles. The molecule has 7 heteroatoms. The van der Waals surface area contributed by atoms with Crippen molar-refractivity contribution in [3.63, 3.8) is 0 Å². The lowest BCUT2D eigenvalue weighted by Gasteiger charge is -2.15. The molecule has 0 amide bonds. The number of carbonyl (C=O) groups is 1. The molecular formula is C20H23NO6. The van der Waals surface area contributed by atoms with Gasteiger partial charge >= 0.3 is 12.0 Å². The van der Waals surface area contributed by atoms with Gasteiger partial charge in [0.15, 0.2) is 5.76 Å². The molecule has 2 rings (SSSR count). The fourth-order valence-corrected chi connectivity index (χ4v) is 2.45. The summed E-state index contributed by atoms with van der Waals surface area (Å²) in [6.45, 7) is 3.90. The normalized spacial score (nSPS) is 10.7. The highest BCUT2D eigenvalue weighted by Crippen LogP contribution is 2.36. The summed E-state index contributed by atoms with van der Waals surface area (Å²) in [6, 6.07) is 1.67. The molecule has 0 atom stereocenters. The third-order valence-corrected chi connectivity index (χ3v) is 3.82. The zero-order valence-electron chi connectivity index (χ0n) is 16.0. The Labute approximate surface area is 157 Å². The molecule has 0 saturated heterocycles. The molecule has 0 saturated carbocycles. The van der Waals surface area contributed by atoms with Gasteiger partial charge in [-0.3, -0.25) is 0 Å². The molecule has 27 heavy (non-hydrogen) atoms. The molecule has 1 heterocycles. The van der Waals surface area contributed by atoms with Crippen LogP contribution < -0.4 is 9.47 Å². The van der Waals surface area contributed by atoms with E-state index in [1.807, 2.05) is 19.9 Å². The molecular weight excluding hydrogens is 350 g/mol. The predicted octanol–water partition coefficient (Wildman–Crippen LogP) is 3.86. The first-order valence-electron chi connectivity index (χ1n) is 8.23. The summed E-state index contributed by atoms with van der Waals surface area (Å²) in [4.78, 5) is 16.2. The van der Waals surface area contributed by atoms with Crippen molar-refractivity contribution in [2.45, 2.75) is 20.3 Å². The van der Waals surface area contributed by atoms with Crippen molar-refractivity contribution in [1.29, 1.82) is 0 Å². The van der Waals surface area contributed by atoms with Crippen molar-refractivity contribution in [3.8, 4) is 17.6 Å². The third kappa shape index (κ3) is 4.69. The topological polar surface area (TPSA) is 91.0 Å². The smallest absolute Gasteiger partial charge is 0.393 e. The first-order valence-corrected chi connectivity index (χ1v) is 8.23. The highest BCUT2D eigenvalue weighted by molar-refractivity contribution is 5.98. The standard InChI is InChI=1S/C20H23NO6/c1-12(2)6-9-15-16(24-3)10-13(17(18(15)22)19(23)25-4)7-8-14-11-21-20(26-5)27-14/h6-8,10-11,22H,9H2,1-5H3/b8-7+. The van der Waals surface area contributed by atoms with E-state index in [2.05, 4.69) is 4.98 Å². The highest BCUT2D eigenvalue weighted by Gasteiger charge is 2.22. The van der Waals surface area contributed by atoms with E-state index in [4.69, 9.17) is 18.6 Å². The minimum absolute atomic E-state index is 0.0539. The van der Waals surface area contributed by atoms with Gasteiger partial charge < -0.3 is 23.7 Å². The summed E-state index contributed by atoms with van der Waals surface area (Å²) in [5.74, 6) is 0.0686. The molecule has 0 unspecified atom stereocenters. The number of aromatic nitrogens is 1. The van der Waals surface area contributed by atoms with Gasteiger partial charge in [0.05, 0.1) is 27.5 Å². The van der Waals surface area contributed by atoms with Crippen LogP contribution in [0.2, 0.25) is 0 Å². The number of oxazole rings is 1. The fourth-order valence-electron chi connectivity index (χ4n) is 2.45. The molecule has 1 N–H and O–H groups in total. The quantitative estimate of drug-likeness (QED) is 0.582. The number of hydrogen-bond donors (Lipinski definition) is 1. The van der Waals surface area contributed by atoms with Crippen LogP contribution >= 0.6 is 0 Å². The summed E-state index contributed by atoms with van der Waals surface area (Å²) in [6.07, 6.45) is 7.18. The van der Waals surface area contributed by atoms with Crippen LogP contribution in [0.4, 0.5) is 0 Å². The number of nitrogens with zero attached hydrogens (tertiary/aromatic N) is 1. The minimum Gasteiger partial charge on any atom is -0.507 e. The Morgan fingerprint density at radius 1 is 1.22 bits per heavy atom. The van der Waals surface area contributed by atoms with Gasteiger partial charge in [-0.1, -0.05) is 17.7 Å². The van der Waals surface area contributed by atoms with E-state index in [0.29, 0.717) is 29.1 Å². The maximum atomic E-state index is 12.3. The number of phenols is 1. The maximum Gasteiger partial charge on any atom is 0.393 e. The zero-order chi connectivity index (χ0) is 20.0. The van der Waals surface area contributed by atoms with Crippen LogP contribution in [0, 0.1) is 0 Å². The van der Waals surface area contributed by atoms with Crippen molar-refractivity contribution in [3.05, 3.63) is 46.4 Å². The van der Waals surface area contributed by atoms with Gasteiger partial charge in [-0.05, 0) is 38.0 Å². The number of methoxy groups -OCH3 is 3. The first-order chi connectivity index (χ1) is 12.9. The SMILES string of the molecule is COC(=O)c1c(/C=C/c2cnc(OC)o2)cc(OC)c(CC=C(C)C)c1O. The minimum atomic E-state index is -0.650. The number of phenolic OH excluding ortho intramolecular Hbond substituents is 1. The lowest BCUT2D eigenvalue weighted by molar-refractivity contribution is 0.0597. The Kier molecular flexibility index (Phi) is 6.65. The number of ether oxygens (including phenoxy) is 3. The molecule has 0 radical (unpaired) electrons. The molecule has 0 spiro atoms. The van der Waals surface area contributed by atoms with Gasteiger partial charge in [0.25, 0.3) is 0 Å². The average Bonchev–Trinajstić information content (AvgIpc) is 3.12. The van der Waals surface area contributed by atoms with Crippen LogP contribution in [0.1, 0.15) is 41.1 Å². The van der Waals surface area contributed by atoms with Gasteiger partial charge in [0, 0.05) is 5.56 Å². The average molecular weight is 373 g/mol. The summed E-state index contributed by atoms with van der Waals surface area (Å²) in [5, 5.41) is 10.7. The number of rotatable bonds is 7. The van der Waals surface area contributed by atoms with E-state index in [1.165, 1.54) is 27.5 Å². The second-order valence-corrected chi connectivity index (χ2v) is 5.91. The summed E-state index contributed by atoms with van der Waals surface area (Å²) < 4.78 is 20.5. The van der Waals surface area contributed by atoms with Crippen LogP contribution in [0.15, 0.2) is 28.3 Å². The molecule has 1 aromatic heterocycles. The van der Waals surface area contributed by atoms with Gasteiger partial charge in [-0.2, -0.15) is 4.98 Å². The summed E-state index contributed by atoms with van der Waals surface area (Å²) in [7, 11) is 4.22. The Bertz CT molecular complexity index is 875. The van der Waals surface area contributed by atoms with Gasteiger partial charge in [0.1, 0.15) is 17.1 Å². The number of benzene rings is 1. The van der Waals surface area contributed by atoms with Crippen molar-refractivity contribution in [1.82, 2.24) is 4.98 Å². The largest absolute Gasteiger partial charge is 0.507 e. The van der Waals surface area contributed by atoms with Crippen LogP contribution in [0.5, 0.6) is 17.6 Å². The van der Waals surface area contributed by atoms with Crippen molar-refractivity contribution >= 4 is 18.1 Å². The molecule has 0 aliphatic heterocycles. The summed E-state index contributed by atoms with van der Waals surface area (Å²) in [5.41, 5.74) is 2.07. The lowest BCUT2D eigenvalue weighted by atomic mass is 9.97. The van der Waals surface area contributed by atoms with Gasteiger partial charge in [0.2, 0.25) is 0 Å². The summed E-state index contributed by atoms with van der Waals surface area (Å²) >= 11 is 0. The van der Waals surface area contributed by atoms with E-state index >= 15 is 0 Å². The van der Waals surface area contributed by atoms with E-state index in [-0.39, 0.29) is 17.4 Å². The highest BCUT2D eigenvalue weighted by atomic mass is 16.6. The van der Waals surface area contributed by atoms with Crippen LogP contribution in [0.25, 0.3) is 12.2 Å². The van der Waals surface area contributed by atoms with Crippen LogP contribution in [-0.4, -0.2) is 37.4 Å². The molecule has 7 nitrogen and oxygen atoms in total. The Balaban J connectivity index is 2.56. The lowest BCUT2D eigenvalue weighted by Crippen LogP contribution is -2.07. The number of esters is 1. The molecule has 2 aromatic rings. The Hall–Kier alpha value is -3.22. The first kappa shape index (κ1) is 20.1. The van der Waals surface area contributed by atoms with Gasteiger partial charge in [-0.15, -0.1) is 0 Å². The number of hydrogen-bond acceptors (Lipinski definition) is 7.